The van der Waals surface area contributed by atoms with Crippen LogP contribution in [0.5, 0.6) is 0 Å². The number of hydrogen-bond acceptors (Lipinski definition) is 5. The first-order chi connectivity index (χ1) is 11.9. The molecule has 0 saturated heterocycles. The first-order valence-electron chi connectivity index (χ1n) is 8.14. The van der Waals surface area contributed by atoms with Crippen molar-refractivity contribution in [1.82, 2.24) is 19.7 Å². The Morgan fingerprint density at radius 3 is 2.80 bits per heavy atom. The number of carbonyl (C=O) groups is 2. The lowest BCUT2D eigenvalue weighted by atomic mass is 10.0. The van der Waals surface area contributed by atoms with E-state index < -0.39 is 5.91 Å². The van der Waals surface area contributed by atoms with Gasteiger partial charge in [-0.1, -0.05) is 12.1 Å². The van der Waals surface area contributed by atoms with Crippen LogP contribution in [0, 0.1) is 0 Å². The number of hydrogen-bond donors (Lipinski definition) is 1. The van der Waals surface area contributed by atoms with Gasteiger partial charge in [0.2, 0.25) is 0 Å². The number of aryl methyl sites for hydroxylation is 1. The van der Waals surface area contributed by atoms with E-state index >= 15 is 0 Å². The van der Waals surface area contributed by atoms with E-state index in [0.717, 1.165) is 30.8 Å². The topological polar surface area (TPSA) is 94.1 Å². The summed E-state index contributed by atoms with van der Waals surface area (Å²) in [5, 5.41) is 4.01. The Balaban J connectivity index is 1.83. The number of carbonyl (C=O) groups excluding carboxylic acids is 2. The lowest BCUT2D eigenvalue weighted by molar-refractivity contribution is 0.0986. The third kappa shape index (κ3) is 3.83. The number of aromatic nitrogens is 3. The minimum Gasteiger partial charge on any atom is -0.364 e. The Bertz CT molecular complexity index is 853. The van der Waals surface area contributed by atoms with E-state index in [-0.39, 0.29) is 17.9 Å². The van der Waals surface area contributed by atoms with E-state index in [2.05, 4.69) is 28.1 Å². The number of nitrogens with two attached hydrogens (primary N) is 1. The second kappa shape index (κ2) is 6.98. The molecule has 1 aliphatic rings. The average Bonchev–Trinajstić information content (AvgIpc) is 2.95. The molecule has 2 aromatic heterocycles. The number of Topliss-reactive ketones (excluding diaryl/α,β-unsaturated/α-hetero) is 1. The monoisotopic (exact) mass is 339 g/mol. The molecule has 3 rings (SSSR count). The molecule has 130 valence electrons. The van der Waals surface area contributed by atoms with Crippen LogP contribution in [0.2, 0.25) is 0 Å². The van der Waals surface area contributed by atoms with Gasteiger partial charge < -0.3 is 10.6 Å². The summed E-state index contributed by atoms with van der Waals surface area (Å²) in [7, 11) is 3.75. The Morgan fingerprint density at radius 2 is 2.08 bits per heavy atom. The van der Waals surface area contributed by atoms with Crippen LogP contribution in [-0.4, -0.2) is 51.5 Å². The first kappa shape index (κ1) is 17.0. The SMILES string of the molecule is CN1CCC=C(c2cccc(C(=O)Cc3cn(C)nc3C(N)=O)n2)C1. The highest BCUT2D eigenvalue weighted by atomic mass is 16.1. The van der Waals surface area contributed by atoms with Gasteiger partial charge in [-0.2, -0.15) is 5.10 Å². The van der Waals surface area contributed by atoms with Crippen molar-refractivity contribution in [3.63, 3.8) is 0 Å². The van der Waals surface area contributed by atoms with Crippen LogP contribution in [0.3, 0.4) is 0 Å². The average molecular weight is 339 g/mol. The third-order valence-electron chi connectivity index (χ3n) is 4.19. The molecule has 0 bridgehead atoms. The van der Waals surface area contributed by atoms with Crippen molar-refractivity contribution < 1.29 is 9.59 Å². The summed E-state index contributed by atoms with van der Waals surface area (Å²) in [6.07, 6.45) is 4.83. The zero-order valence-corrected chi connectivity index (χ0v) is 14.4. The normalized spacial score (nSPS) is 15.0. The number of nitrogens with zero attached hydrogens (tertiary/aromatic N) is 4. The lowest BCUT2D eigenvalue weighted by Crippen LogP contribution is -2.25. The van der Waals surface area contributed by atoms with Gasteiger partial charge in [0.25, 0.3) is 5.91 Å². The van der Waals surface area contributed by atoms with Crippen LogP contribution in [0.25, 0.3) is 5.57 Å². The molecule has 0 radical (unpaired) electrons. The smallest absolute Gasteiger partial charge is 0.269 e. The predicted octanol–water partition coefficient (Wildman–Crippen LogP) is 1.06. The zero-order valence-electron chi connectivity index (χ0n) is 14.4. The summed E-state index contributed by atoms with van der Waals surface area (Å²) in [6.45, 7) is 1.85. The van der Waals surface area contributed by atoms with Crippen molar-refractivity contribution in [1.29, 1.82) is 0 Å². The molecule has 2 aromatic rings. The molecule has 0 atom stereocenters. The van der Waals surface area contributed by atoms with Crippen molar-refractivity contribution in [3.8, 4) is 0 Å². The molecule has 0 spiro atoms. The highest BCUT2D eigenvalue weighted by Gasteiger charge is 2.19. The molecule has 0 aromatic carbocycles. The minimum atomic E-state index is -0.638. The quantitative estimate of drug-likeness (QED) is 0.822. The largest absolute Gasteiger partial charge is 0.364 e. The first-order valence-corrected chi connectivity index (χ1v) is 8.14. The third-order valence-corrected chi connectivity index (χ3v) is 4.19. The highest BCUT2D eigenvalue weighted by molar-refractivity contribution is 5.99. The predicted molar refractivity (Wildman–Crippen MR) is 94.1 cm³/mol. The van der Waals surface area contributed by atoms with E-state index in [9.17, 15) is 9.59 Å². The van der Waals surface area contributed by atoms with E-state index in [1.807, 2.05) is 12.1 Å². The molecule has 1 aliphatic heterocycles. The molecular weight excluding hydrogens is 318 g/mol. The van der Waals surface area contributed by atoms with Gasteiger partial charge in [0.05, 0.1) is 5.69 Å². The van der Waals surface area contributed by atoms with E-state index in [4.69, 9.17) is 5.73 Å². The summed E-state index contributed by atoms with van der Waals surface area (Å²) in [5.74, 6) is -0.803. The molecule has 7 nitrogen and oxygen atoms in total. The molecule has 25 heavy (non-hydrogen) atoms. The van der Waals surface area contributed by atoms with Gasteiger partial charge in [0.15, 0.2) is 11.5 Å². The Hall–Kier alpha value is -2.80. The lowest BCUT2D eigenvalue weighted by Gasteiger charge is -2.22. The molecule has 2 N–H and O–H groups in total. The maximum atomic E-state index is 12.6. The Morgan fingerprint density at radius 1 is 1.28 bits per heavy atom. The van der Waals surface area contributed by atoms with Gasteiger partial charge in [0, 0.05) is 38.3 Å². The number of rotatable bonds is 5. The number of primary amides is 1. The molecular formula is C18H21N5O2. The highest BCUT2D eigenvalue weighted by Crippen LogP contribution is 2.19. The van der Waals surface area contributed by atoms with Crippen molar-refractivity contribution in [2.24, 2.45) is 12.8 Å². The van der Waals surface area contributed by atoms with Crippen molar-refractivity contribution in [2.75, 3.05) is 20.1 Å². The van der Waals surface area contributed by atoms with Crippen LogP contribution in [0.15, 0.2) is 30.5 Å². The maximum absolute atomic E-state index is 12.6. The summed E-state index contributed by atoms with van der Waals surface area (Å²) in [4.78, 5) is 30.8. The van der Waals surface area contributed by atoms with Gasteiger partial charge in [-0.25, -0.2) is 4.98 Å². The van der Waals surface area contributed by atoms with Crippen LogP contribution < -0.4 is 5.73 Å². The van der Waals surface area contributed by atoms with Gasteiger partial charge in [-0.3, -0.25) is 14.3 Å². The zero-order chi connectivity index (χ0) is 18.0. The van der Waals surface area contributed by atoms with Crippen LogP contribution in [0.4, 0.5) is 0 Å². The second-order valence-electron chi connectivity index (χ2n) is 6.30. The molecule has 1 amide bonds. The minimum absolute atomic E-state index is 0.0432. The molecule has 3 heterocycles. The maximum Gasteiger partial charge on any atom is 0.269 e. The molecule has 7 heteroatoms. The number of pyridine rings is 1. The molecule has 0 fully saturated rings. The van der Waals surface area contributed by atoms with Gasteiger partial charge in [-0.05, 0) is 31.2 Å². The summed E-state index contributed by atoms with van der Waals surface area (Å²) >= 11 is 0. The molecule has 0 saturated carbocycles. The molecule has 0 unspecified atom stereocenters. The summed E-state index contributed by atoms with van der Waals surface area (Å²) < 4.78 is 1.48. The fourth-order valence-corrected chi connectivity index (χ4v) is 2.99. The van der Waals surface area contributed by atoms with Crippen LogP contribution in [-0.2, 0) is 13.5 Å². The second-order valence-corrected chi connectivity index (χ2v) is 6.30. The van der Waals surface area contributed by atoms with Crippen molar-refractivity contribution >= 4 is 17.3 Å². The number of amides is 1. The van der Waals surface area contributed by atoms with Crippen LogP contribution >= 0.6 is 0 Å². The van der Waals surface area contributed by atoms with Crippen LogP contribution in [0.1, 0.15) is 38.7 Å². The van der Waals surface area contributed by atoms with Gasteiger partial charge >= 0.3 is 0 Å². The van der Waals surface area contributed by atoms with E-state index in [0.29, 0.717) is 11.3 Å². The van der Waals surface area contributed by atoms with Crippen molar-refractivity contribution in [3.05, 3.63) is 53.1 Å². The molecule has 0 aliphatic carbocycles. The Kier molecular flexibility index (Phi) is 4.76. The van der Waals surface area contributed by atoms with Gasteiger partial charge in [-0.15, -0.1) is 0 Å². The fraction of sp³-hybridized carbons (Fsp3) is 0.333. The van der Waals surface area contributed by atoms with E-state index in [1.165, 1.54) is 4.68 Å². The van der Waals surface area contributed by atoms with E-state index in [1.54, 1.807) is 19.3 Å². The van der Waals surface area contributed by atoms with Gasteiger partial charge in [0.1, 0.15) is 5.69 Å². The summed E-state index contributed by atoms with van der Waals surface area (Å²) in [5.41, 5.74) is 8.30. The number of likely N-dealkylation sites (N-methyl/N-ethyl adjacent to an activating group) is 1. The van der Waals surface area contributed by atoms with Crippen molar-refractivity contribution in [2.45, 2.75) is 12.8 Å². The standard InChI is InChI=1S/C18H21N5O2/c1-22-8-4-5-12(10-22)14-6-3-7-15(20-14)16(24)9-13-11-23(2)21-17(13)18(19)25/h3,5-7,11H,4,8-10H2,1-2H3,(H2,19,25). The Labute approximate surface area is 146 Å². The summed E-state index contributed by atoms with van der Waals surface area (Å²) in [6, 6.07) is 5.45. The fourth-order valence-electron chi connectivity index (χ4n) is 2.99. The number of ketones is 1.